The van der Waals surface area contributed by atoms with Gasteiger partial charge in [0.2, 0.25) is 0 Å². The lowest BCUT2D eigenvalue weighted by molar-refractivity contribution is -0.117. The minimum Gasteiger partial charge on any atom is -0.496 e. The van der Waals surface area contributed by atoms with E-state index < -0.39 is 0 Å². The van der Waals surface area contributed by atoms with E-state index in [0.717, 1.165) is 47.7 Å². The highest BCUT2D eigenvalue weighted by Crippen LogP contribution is 2.36. The Kier molecular flexibility index (Phi) is 5.88. The molecule has 1 aliphatic heterocycles. The molecule has 1 amide bonds. The zero-order valence-corrected chi connectivity index (χ0v) is 16.1. The van der Waals surface area contributed by atoms with Crippen molar-refractivity contribution in [3.63, 3.8) is 0 Å². The molecular weight excluding hydrogens is 342 g/mol. The van der Waals surface area contributed by atoms with E-state index in [1.807, 2.05) is 60.5 Å². The minimum absolute atomic E-state index is 0.347. The molecule has 0 saturated carbocycles. The van der Waals surface area contributed by atoms with Gasteiger partial charge in [0.05, 0.1) is 20.3 Å². The zero-order chi connectivity index (χ0) is 19.4. The minimum atomic E-state index is -0.347. The number of rotatable bonds is 6. The fraction of sp³-hybridized carbons (Fsp3) is 0.333. The molecule has 6 nitrogen and oxygen atoms in total. The number of hydroxylamine groups is 2. The summed E-state index contributed by atoms with van der Waals surface area (Å²) in [6.07, 6.45) is 1.03. The van der Waals surface area contributed by atoms with Gasteiger partial charge in [-0.3, -0.25) is 9.63 Å². The lowest BCUT2D eigenvalue weighted by Crippen LogP contribution is -2.17. The molecular formula is C21H25N3O3. The first kappa shape index (κ1) is 19.1. The number of amides is 1. The van der Waals surface area contributed by atoms with Gasteiger partial charge in [0.25, 0.3) is 5.91 Å². The molecule has 142 valence electrons. The number of hydrogen-bond acceptors (Lipinski definition) is 5. The molecule has 1 aliphatic rings. The van der Waals surface area contributed by atoms with E-state index in [0.29, 0.717) is 12.1 Å². The molecule has 1 fully saturated rings. The van der Waals surface area contributed by atoms with Crippen molar-refractivity contribution in [2.75, 3.05) is 39.3 Å². The summed E-state index contributed by atoms with van der Waals surface area (Å²) in [4.78, 5) is 23.3. The molecule has 2 aromatic carbocycles. The van der Waals surface area contributed by atoms with Crippen LogP contribution in [-0.2, 0) is 11.4 Å². The van der Waals surface area contributed by atoms with Gasteiger partial charge in [0.1, 0.15) is 5.75 Å². The zero-order valence-electron chi connectivity index (χ0n) is 16.1. The Morgan fingerprint density at radius 2 is 2.15 bits per heavy atom. The highest BCUT2D eigenvalue weighted by atomic mass is 16.7. The molecule has 0 atom stereocenters. The monoisotopic (exact) mass is 367 g/mol. The summed E-state index contributed by atoms with van der Waals surface area (Å²) in [5, 5.41) is 1.95. The first-order chi connectivity index (χ1) is 13.0. The number of aliphatic imine (C=N–C) groups is 1. The Balaban J connectivity index is 2.08. The van der Waals surface area contributed by atoms with Crippen LogP contribution in [0.15, 0.2) is 41.4 Å². The van der Waals surface area contributed by atoms with Crippen molar-refractivity contribution < 1.29 is 14.4 Å². The molecule has 1 saturated heterocycles. The lowest BCUT2D eigenvalue weighted by atomic mass is 9.98. The normalized spacial score (nSPS) is 14.2. The van der Waals surface area contributed by atoms with E-state index in [-0.39, 0.29) is 5.91 Å². The van der Waals surface area contributed by atoms with Gasteiger partial charge in [-0.1, -0.05) is 18.2 Å². The standard InChI is InChI=1S/C21H25N3O3/c1-22-21(25)17-11-16(12-18(13-17)23(2)3)19-8-5-7-15(20(19)26-4)14-24-9-6-10-27-24/h5,7-8,11-13H,1,6,9-10,14H2,2-4H3. The van der Waals surface area contributed by atoms with Crippen molar-refractivity contribution >= 4 is 18.3 Å². The molecule has 0 aromatic heterocycles. The van der Waals surface area contributed by atoms with Gasteiger partial charge < -0.3 is 9.64 Å². The number of hydrogen-bond donors (Lipinski definition) is 0. The van der Waals surface area contributed by atoms with Gasteiger partial charge in [0, 0.05) is 43.0 Å². The molecule has 0 spiro atoms. The largest absolute Gasteiger partial charge is 0.496 e. The third-order valence-electron chi connectivity index (χ3n) is 4.61. The number of nitrogens with zero attached hydrogens (tertiary/aromatic N) is 3. The number of carbonyl (C=O) groups excluding carboxylic acids is 1. The van der Waals surface area contributed by atoms with Crippen molar-refractivity contribution in [3.8, 4) is 16.9 Å². The summed E-state index contributed by atoms with van der Waals surface area (Å²) in [5.74, 6) is 0.439. The number of benzene rings is 2. The predicted molar refractivity (Wildman–Crippen MR) is 108 cm³/mol. The fourth-order valence-corrected chi connectivity index (χ4v) is 3.23. The van der Waals surface area contributed by atoms with Crippen molar-refractivity contribution in [1.82, 2.24) is 5.06 Å². The van der Waals surface area contributed by atoms with E-state index >= 15 is 0 Å². The van der Waals surface area contributed by atoms with E-state index in [4.69, 9.17) is 9.57 Å². The summed E-state index contributed by atoms with van der Waals surface area (Å²) in [5.41, 5.74) is 4.28. The van der Waals surface area contributed by atoms with Crippen LogP contribution in [0.4, 0.5) is 5.69 Å². The Hall–Kier alpha value is -2.70. The van der Waals surface area contributed by atoms with Gasteiger partial charge in [-0.05, 0) is 36.9 Å². The van der Waals surface area contributed by atoms with Crippen LogP contribution >= 0.6 is 0 Å². The van der Waals surface area contributed by atoms with Crippen LogP contribution in [0.5, 0.6) is 5.75 Å². The first-order valence-electron chi connectivity index (χ1n) is 8.91. The highest BCUT2D eigenvalue weighted by Gasteiger charge is 2.19. The lowest BCUT2D eigenvalue weighted by Gasteiger charge is -2.20. The molecule has 0 bridgehead atoms. The molecule has 0 unspecified atom stereocenters. The molecule has 0 aliphatic carbocycles. The van der Waals surface area contributed by atoms with Crippen LogP contribution in [0.3, 0.4) is 0 Å². The number of carbonyl (C=O) groups is 1. The number of ether oxygens (including phenoxy) is 1. The quantitative estimate of drug-likeness (QED) is 0.733. The molecule has 0 radical (unpaired) electrons. The Morgan fingerprint density at radius 3 is 2.78 bits per heavy atom. The first-order valence-corrected chi connectivity index (χ1v) is 8.91. The summed E-state index contributed by atoms with van der Waals surface area (Å²) < 4.78 is 5.75. The molecule has 1 heterocycles. The van der Waals surface area contributed by atoms with Gasteiger partial charge >= 0.3 is 0 Å². The van der Waals surface area contributed by atoms with Gasteiger partial charge in [-0.25, -0.2) is 4.99 Å². The van der Waals surface area contributed by atoms with Crippen molar-refractivity contribution in [1.29, 1.82) is 0 Å². The van der Waals surface area contributed by atoms with E-state index in [2.05, 4.69) is 11.7 Å². The van der Waals surface area contributed by atoms with Gasteiger partial charge in [-0.2, -0.15) is 5.06 Å². The maximum Gasteiger partial charge on any atom is 0.276 e. The molecule has 0 N–H and O–H groups in total. The van der Waals surface area contributed by atoms with Crippen molar-refractivity contribution in [2.45, 2.75) is 13.0 Å². The third-order valence-corrected chi connectivity index (χ3v) is 4.61. The Labute approximate surface area is 160 Å². The van der Waals surface area contributed by atoms with E-state index in [9.17, 15) is 4.79 Å². The van der Waals surface area contributed by atoms with Crippen LogP contribution in [0.25, 0.3) is 11.1 Å². The van der Waals surface area contributed by atoms with Crippen molar-refractivity contribution in [3.05, 3.63) is 47.5 Å². The summed E-state index contributed by atoms with van der Waals surface area (Å²) >= 11 is 0. The maximum absolute atomic E-state index is 12.1. The topological polar surface area (TPSA) is 54.4 Å². The average molecular weight is 367 g/mol. The average Bonchev–Trinajstić information content (AvgIpc) is 3.19. The second kappa shape index (κ2) is 8.33. The van der Waals surface area contributed by atoms with Crippen LogP contribution in [-0.4, -0.2) is 52.0 Å². The van der Waals surface area contributed by atoms with E-state index in [1.54, 1.807) is 7.11 Å². The molecule has 6 heteroatoms. The molecule has 3 rings (SSSR count). The smallest absolute Gasteiger partial charge is 0.276 e. The second-order valence-corrected chi connectivity index (χ2v) is 6.67. The second-order valence-electron chi connectivity index (χ2n) is 6.67. The number of para-hydroxylation sites is 1. The Morgan fingerprint density at radius 1 is 1.33 bits per heavy atom. The SMILES string of the molecule is C=NC(=O)c1cc(-c2cccc(CN3CCCO3)c2OC)cc(N(C)C)c1. The van der Waals surface area contributed by atoms with Crippen LogP contribution in [0, 0.1) is 0 Å². The van der Waals surface area contributed by atoms with E-state index in [1.165, 1.54) is 0 Å². The van der Waals surface area contributed by atoms with Crippen LogP contribution in [0.1, 0.15) is 22.3 Å². The predicted octanol–water partition coefficient (Wildman–Crippen LogP) is 3.41. The van der Waals surface area contributed by atoms with Gasteiger partial charge in [-0.15, -0.1) is 0 Å². The maximum atomic E-state index is 12.1. The summed E-state index contributed by atoms with van der Waals surface area (Å²) in [6.45, 7) is 5.69. The van der Waals surface area contributed by atoms with Crippen molar-refractivity contribution in [2.24, 2.45) is 4.99 Å². The number of anilines is 1. The van der Waals surface area contributed by atoms with Gasteiger partial charge in [0.15, 0.2) is 0 Å². The molecule has 2 aromatic rings. The third kappa shape index (κ3) is 4.18. The fourth-order valence-electron chi connectivity index (χ4n) is 3.23. The number of methoxy groups -OCH3 is 1. The summed E-state index contributed by atoms with van der Waals surface area (Å²) in [7, 11) is 5.54. The van der Waals surface area contributed by atoms with Crippen LogP contribution in [0.2, 0.25) is 0 Å². The van der Waals surface area contributed by atoms with Crippen LogP contribution < -0.4 is 9.64 Å². The molecule has 27 heavy (non-hydrogen) atoms. The summed E-state index contributed by atoms with van der Waals surface area (Å²) in [6, 6.07) is 11.7. The Bertz CT molecular complexity index is 843. The highest BCUT2D eigenvalue weighted by molar-refractivity contribution is 5.99.